The van der Waals surface area contributed by atoms with Gasteiger partial charge in [-0.05, 0) is 37.7 Å². The summed E-state index contributed by atoms with van der Waals surface area (Å²) in [6.07, 6.45) is 7.50. The van der Waals surface area contributed by atoms with Crippen molar-refractivity contribution < 1.29 is 4.39 Å². The van der Waals surface area contributed by atoms with Gasteiger partial charge in [0.05, 0.1) is 0 Å². The van der Waals surface area contributed by atoms with Crippen molar-refractivity contribution in [1.29, 1.82) is 0 Å². The molecule has 0 N–H and O–H groups in total. The summed E-state index contributed by atoms with van der Waals surface area (Å²) in [4.78, 5) is 4.01. The summed E-state index contributed by atoms with van der Waals surface area (Å²) in [6.45, 7) is 4.10. The first kappa shape index (κ1) is 12.5. The molecule has 2 heteroatoms. The molecule has 1 aromatic heterocycles. The Morgan fingerprint density at radius 1 is 1.24 bits per heavy atom. The number of pyridine rings is 1. The minimum absolute atomic E-state index is 0.306. The topological polar surface area (TPSA) is 12.9 Å². The van der Waals surface area contributed by atoms with E-state index in [-0.39, 0.29) is 5.95 Å². The Balaban J connectivity index is 1.83. The molecule has 1 aliphatic carbocycles. The molecule has 0 saturated heterocycles. The fourth-order valence-corrected chi connectivity index (χ4v) is 2.65. The van der Waals surface area contributed by atoms with Crippen LogP contribution in [0.15, 0.2) is 12.1 Å². The summed E-state index contributed by atoms with van der Waals surface area (Å²) in [5.41, 5.74) is 1.55. The molecule has 0 atom stereocenters. The van der Waals surface area contributed by atoms with Gasteiger partial charge in [0, 0.05) is 11.3 Å². The smallest absolute Gasteiger partial charge is 0.215 e. The Morgan fingerprint density at radius 3 is 2.59 bits per heavy atom. The fourth-order valence-electron chi connectivity index (χ4n) is 2.65. The van der Waals surface area contributed by atoms with Gasteiger partial charge in [-0.25, -0.2) is 4.98 Å². The maximum absolute atomic E-state index is 13.3. The Bertz CT molecular complexity index is 367. The van der Waals surface area contributed by atoms with Crippen molar-refractivity contribution in [3.05, 3.63) is 29.3 Å². The number of halogens is 1. The minimum Gasteiger partial charge on any atom is -0.225 e. The summed E-state index contributed by atoms with van der Waals surface area (Å²) < 4.78 is 13.3. The van der Waals surface area contributed by atoms with Crippen LogP contribution in [-0.4, -0.2) is 4.98 Å². The molecule has 0 aliphatic heterocycles. The van der Waals surface area contributed by atoms with Crippen LogP contribution in [-0.2, 0) is 6.42 Å². The Hall–Kier alpha value is -0.920. The standard InChI is InChI=1S/C15H22FN/c1-11-3-6-13(7-4-11)8-10-14-9-5-12(2)15(16)17-14/h5,9,11,13H,3-4,6-8,10H2,1-2H3. The number of hydrogen-bond acceptors (Lipinski definition) is 1. The van der Waals surface area contributed by atoms with E-state index in [9.17, 15) is 4.39 Å². The molecule has 0 aromatic carbocycles. The third-order valence-corrected chi connectivity index (χ3v) is 4.04. The quantitative estimate of drug-likeness (QED) is 0.712. The SMILES string of the molecule is Cc1ccc(CCC2CCC(C)CC2)nc1F. The second-order valence-electron chi connectivity index (χ2n) is 5.57. The van der Waals surface area contributed by atoms with E-state index in [4.69, 9.17) is 0 Å². The van der Waals surface area contributed by atoms with Crippen molar-refractivity contribution in [2.75, 3.05) is 0 Å². The molecule has 1 saturated carbocycles. The van der Waals surface area contributed by atoms with Crippen LogP contribution in [0.2, 0.25) is 0 Å². The van der Waals surface area contributed by atoms with Gasteiger partial charge in [0.2, 0.25) is 5.95 Å². The van der Waals surface area contributed by atoms with Crippen molar-refractivity contribution in [2.45, 2.75) is 52.4 Å². The highest BCUT2D eigenvalue weighted by Crippen LogP contribution is 2.31. The van der Waals surface area contributed by atoms with Crippen LogP contribution in [0.25, 0.3) is 0 Å². The first-order valence-corrected chi connectivity index (χ1v) is 6.77. The molecule has 0 radical (unpaired) electrons. The number of aryl methyl sites for hydroxylation is 2. The highest BCUT2D eigenvalue weighted by Gasteiger charge is 2.18. The highest BCUT2D eigenvalue weighted by molar-refractivity contribution is 5.14. The van der Waals surface area contributed by atoms with Crippen molar-refractivity contribution in [2.24, 2.45) is 11.8 Å². The van der Waals surface area contributed by atoms with Gasteiger partial charge in [0.1, 0.15) is 0 Å². The fraction of sp³-hybridized carbons (Fsp3) is 0.667. The van der Waals surface area contributed by atoms with Crippen LogP contribution >= 0.6 is 0 Å². The van der Waals surface area contributed by atoms with Crippen molar-refractivity contribution in [1.82, 2.24) is 4.98 Å². The molecule has 94 valence electrons. The lowest BCUT2D eigenvalue weighted by Gasteiger charge is -2.25. The molecule has 0 bridgehead atoms. The Morgan fingerprint density at radius 2 is 1.94 bits per heavy atom. The lowest BCUT2D eigenvalue weighted by atomic mass is 9.81. The summed E-state index contributed by atoms with van der Waals surface area (Å²) in [7, 11) is 0. The van der Waals surface area contributed by atoms with E-state index in [0.717, 1.165) is 24.0 Å². The molecule has 1 aromatic rings. The summed E-state index contributed by atoms with van der Waals surface area (Å²) in [5, 5.41) is 0. The molecule has 17 heavy (non-hydrogen) atoms. The summed E-state index contributed by atoms with van der Waals surface area (Å²) in [5.74, 6) is 1.43. The van der Waals surface area contributed by atoms with Crippen LogP contribution < -0.4 is 0 Å². The predicted molar refractivity (Wildman–Crippen MR) is 68.4 cm³/mol. The lowest BCUT2D eigenvalue weighted by molar-refractivity contribution is 0.277. The van der Waals surface area contributed by atoms with Crippen LogP contribution in [0.4, 0.5) is 4.39 Å². The van der Waals surface area contributed by atoms with E-state index in [0.29, 0.717) is 5.56 Å². The monoisotopic (exact) mass is 235 g/mol. The van der Waals surface area contributed by atoms with Crippen molar-refractivity contribution in [3.8, 4) is 0 Å². The number of nitrogens with zero attached hydrogens (tertiary/aromatic N) is 1. The molecule has 1 nitrogen and oxygen atoms in total. The van der Waals surface area contributed by atoms with E-state index in [2.05, 4.69) is 11.9 Å². The van der Waals surface area contributed by atoms with Gasteiger partial charge in [-0.3, -0.25) is 0 Å². The predicted octanol–water partition coefficient (Wildman–Crippen LogP) is 4.29. The van der Waals surface area contributed by atoms with Crippen molar-refractivity contribution >= 4 is 0 Å². The van der Waals surface area contributed by atoms with Crippen LogP contribution in [0.1, 0.15) is 50.3 Å². The van der Waals surface area contributed by atoms with Gasteiger partial charge >= 0.3 is 0 Å². The van der Waals surface area contributed by atoms with E-state index in [1.54, 1.807) is 6.92 Å². The zero-order valence-corrected chi connectivity index (χ0v) is 10.9. The van der Waals surface area contributed by atoms with Gasteiger partial charge in [-0.1, -0.05) is 38.7 Å². The van der Waals surface area contributed by atoms with Crippen LogP contribution in [0.3, 0.4) is 0 Å². The normalized spacial score (nSPS) is 24.9. The van der Waals surface area contributed by atoms with Gasteiger partial charge in [0.15, 0.2) is 0 Å². The van der Waals surface area contributed by atoms with Gasteiger partial charge in [-0.2, -0.15) is 4.39 Å². The second-order valence-corrected chi connectivity index (χ2v) is 5.57. The van der Waals surface area contributed by atoms with Crippen LogP contribution in [0.5, 0.6) is 0 Å². The molecule has 1 aliphatic rings. The third-order valence-electron chi connectivity index (χ3n) is 4.04. The van der Waals surface area contributed by atoms with E-state index in [1.165, 1.54) is 32.1 Å². The molecule has 0 amide bonds. The molecule has 0 spiro atoms. The molecular formula is C15H22FN. The first-order valence-electron chi connectivity index (χ1n) is 6.77. The first-order chi connectivity index (χ1) is 8.15. The maximum Gasteiger partial charge on any atom is 0.215 e. The lowest BCUT2D eigenvalue weighted by Crippen LogP contribution is -2.13. The van der Waals surface area contributed by atoms with E-state index < -0.39 is 0 Å². The van der Waals surface area contributed by atoms with E-state index in [1.807, 2.05) is 12.1 Å². The van der Waals surface area contributed by atoms with Gasteiger partial charge in [0.25, 0.3) is 0 Å². The number of aromatic nitrogens is 1. The summed E-state index contributed by atoms with van der Waals surface area (Å²) in [6, 6.07) is 3.80. The Labute approximate surface area is 103 Å². The largest absolute Gasteiger partial charge is 0.225 e. The van der Waals surface area contributed by atoms with Crippen molar-refractivity contribution in [3.63, 3.8) is 0 Å². The van der Waals surface area contributed by atoms with Gasteiger partial charge < -0.3 is 0 Å². The molecule has 1 fully saturated rings. The Kier molecular flexibility index (Phi) is 4.14. The highest BCUT2D eigenvalue weighted by atomic mass is 19.1. The molecular weight excluding hydrogens is 213 g/mol. The number of rotatable bonds is 3. The number of hydrogen-bond donors (Lipinski definition) is 0. The minimum atomic E-state index is -0.306. The zero-order valence-electron chi connectivity index (χ0n) is 10.9. The third kappa shape index (κ3) is 3.52. The average Bonchev–Trinajstić information content (AvgIpc) is 2.33. The average molecular weight is 235 g/mol. The molecule has 0 unspecified atom stereocenters. The molecule has 2 rings (SSSR count). The summed E-state index contributed by atoms with van der Waals surface area (Å²) >= 11 is 0. The van der Waals surface area contributed by atoms with Gasteiger partial charge in [-0.15, -0.1) is 0 Å². The van der Waals surface area contributed by atoms with Crippen LogP contribution in [0, 0.1) is 24.7 Å². The maximum atomic E-state index is 13.3. The van der Waals surface area contributed by atoms with E-state index >= 15 is 0 Å². The second kappa shape index (κ2) is 5.61. The zero-order chi connectivity index (χ0) is 12.3. The molecule has 1 heterocycles.